The van der Waals surface area contributed by atoms with Crippen LogP contribution in [0.3, 0.4) is 0 Å². The van der Waals surface area contributed by atoms with Crippen LogP contribution < -0.4 is 5.32 Å². The van der Waals surface area contributed by atoms with Gasteiger partial charge in [0.15, 0.2) is 0 Å². The van der Waals surface area contributed by atoms with Gasteiger partial charge >= 0.3 is 0 Å². The lowest BCUT2D eigenvalue weighted by molar-refractivity contribution is 0.264. The van der Waals surface area contributed by atoms with Crippen molar-refractivity contribution in [2.45, 2.75) is 52.5 Å². The first-order chi connectivity index (χ1) is 10.6. The van der Waals surface area contributed by atoms with Crippen LogP contribution in [0.15, 0.2) is 42.7 Å². The molecule has 0 saturated heterocycles. The second-order valence-electron chi connectivity index (χ2n) is 6.29. The molecule has 1 unspecified atom stereocenters. The van der Waals surface area contributed by atoms with Crippen LogP contribution in [0.1, 0.15) is 31.9 Å². The molecular weight excluding hydrogens is 272 g/mol. The smallest absolute Gasteiger partial charge is 0.0560 e. The molecule has 22 heavy (non-hydrogen) atoms. The SMILES string of the molecule is CC(Cn1cccn1)NCc1ccccc1CN(C)C(C)C. The fourth-order valence-electron chi connectivity index (χ4n) is 2.37. The molecule has 4 nitrogen and oxygen atoms in total. The minimum Gasteiger partial charge on any atom is -0.308 e. The van der Waals surface area contributed by atoms with Crippen LogP contribution in [0.25, 0.3) is 0 Å². The van der Waals surface area contributed by atoms with Crippen molar-refractivity contribution in [1.82, 2.24) is 20.0 Å². The maximum atomic E-state index is 4.26. The monoisotopic (exact) mass is 300 g/mol. The summed E-state index contributed by atoms with van der Waals surface area (Å²) >= 11 is 0. The van der Waals surface area contributed by atoms with Crippen LogP contribution in [-0.4, -0.2) is 33.8 Å². The summed E-state index contributed by atoms with van der Waals surface area (Å²) in [6.45, 7) is 9.43. The molecule has 0 aliphatic carbocycles. The molecule has 0 radical (unpaired) electrons. The summed E-state index contributed by atoms with van der Waals surface area (Å²) < 4.78 is 1.97. The molecule has 1 aromatic carbocycles. The van der Waals surface area contributed by atoms with Crippen LogP contribution in [0.5, 0.6) is 0 Å². The zero-order valence-electron chi connectivity index (χ0n) is 14.2. The summed E-state index contributed by atoms with van der Waals surface area (Å²) in [5.41, 5.74) is 2.78. The van der Waals surface area contributed by atoms with E-state index in [-0.39, 0.29) is 0 Å². The maximum absolute atomic E-state index is 4.26. The molecule has 1 aromatic heterocycles. The Morgan fingerprint density at radius 3 is 2.50 bits per heavy atom. The zero-order valence-corrected chi connectivity index (χ0v) is 14.2. The Morgan fingerprint density at radius 1 is 1.14 bits per heavy atom. The van der Waals surface area contributed by atoms with Crippen molar-refractivity contribution in [2.75, 3.05) is 7.05 Å². The van der Waals surface area contributed by atoms with E-state index in [1.807, 2.05) is 23.1 Å². The summed E-state index contributed by atoms with van der Waals surface area (Å²) in [5, 5.41) is 7.86. The quantitative estimate of drug-likeness (QED) is 0.814. The minimum atomic E-state index is 0.385. The van der Waals surface area contributed by atoms with Gasteiger partial charge in [-0.2, -0.15) is 5.10 Å². The van der Waals surface area contributed by atoms with Gasteiger partial charge in [0.1, 0.15) is 0 Å². The van der Waals surface area contributed by atoms with Gasteiger partial charge in [0.25, 0.3) is 0 Å². The fraction of sp³-hybridized carbons (Fsp3) is 0.500. The highest BCUT2D eigenvalue weighted by Crippen LogP contribution is 2.12. The Kier molecular flexibility index (Phi) is 6.16. The van der Waals surface area contributed by atoms with Crippen molar-refractivity contribution in [3.63, 3.8) is 0 Å². The summed E-state index contributed by atoms with van der Waals surface area (Å²) in [6.07, 6.45) is 3.83. The number of hydrogen-bond acceptors (Lipinski definition) is 3. The van der Waals surface area contributed by atoms with E-state index in [1.165, 1.54) is 11.1 Å². The van der Waals surface area contributed by atoms with Crippen molar-refractivity contribution in [3.8, 4) is 0 Å². The van der Waals surface area contributed by atoms with Gasteiger partial charge in [-0.3, -0.25) is 9.58 Å². The van der Waals surface area contributed by atoms with Gasteiger partial charge in [-0.05, 0) is 45.0 Å². The van der Waals surface area contributed by atoms with Gasteiger partial charge in [-0.25, -0.2) is 0 Å². The lowest BCUT2D eigenvalue weighted by Gasteiger charge is -2.23. The number of nitrogens with zero attached hydrogens (tertiary/aromatic N) is 3. The summed E-state index contributed by atoms with van der Waals surface area (Å²) in [4.78, 5) is 2.37. The van der Waals surface area contributed by atoms with Crippen molar-refractivity contribution in [3.05, 3.63) is 53.9 Å². The normalized spacial score (nSPS) is 13.0. The van der Waals surface area contributed by atoms with E-state index in [1.54, 1.807) is 0 Å². The molecule has 0 aliphatic rings. The topological polar surface area (TPSA) is 33.1 Å². The van der Waals surface area contributed by atoms with E-state index in [2.05, 4.69) is 67.4 Å². The molecule has 2 aromatic rings. The van der Waals surface area contributed by atoms with E-state index in [0.717, 1.165) is 19.6 Å². The van der Waals surface area contributed by atoms with Crippen LogP contribution in [0, 0.1) is 0 Å². The van der Waals surface area contributed by atoms with Gasteiger partial charge in [-0.1, -0.05) is 24.3 Å². The third kappa shape index (κ3) is 4.97. The molecule has 2 rings (SSSR count). The Bertz CT molecular complexity index is 548. The summed E-state index contributed by atoms with van der Waals surface area (Å²) in [6, 6.07) is 11.6. The molecule has 0 aliphatic heterocycles. The Morgan fingerprint density at radius 2 is 1.86 bits per heavy atom. The van der Waals surface area contributed by atoms with Gasteiger partial charge in [-0.15, -0.1) is 0 Å². The maximum Gasteiger partial charge on any atom is 0.0560 e. The summed E-state index contributed by atoms with van der Waals surface area (Å²) in [5.74, 6) is 0. The molecule has 0 spiro atoms. The number of rotatable bonds is 8. The molecule has 0 saturated carbocycles. The molecule has 1 atom stereocenters. The summed E-state index contributed by atoms with van der Waals surface area (Å²) in [7, 11) is 2.18. The molecule has 0 bridgehead atoms. The first kappa shape index (κ1) is 16.7. The first-order valence-corrected chi connectivity index (χ1v) is 8.04. The van der Waals surface area contributed by atoms with Gasteiger partial charge in [0.2, 0.25) is 0 Å². The lowest BCUT2D eigenvalue weighted by Crippen LogP contribution is -2.31. The molecule has 0 fully saturated rings. The third-order valence-corrected chi connectivity index (χ3v) is 4.08. The Balaban J connectivity index is 1.91. The predicted molar refractivity (Wildman–Crippen MR) is 91.6 cm³/mol. The number of hydrogen-bond donors (Lipinski definition) is 1. The van der Waals surface area contributed by atoms with Crippen molar-refractivity contribution < 1.29 is 0 Å². The zero-order chi connectivity index (χ0) is 15.9. The average Bonchev–Trinajstić information content (AvgIpc) is 2.99. The van der Waals surface area contributed by atoms with Crippen LogP contribution in [-0.2, 0) is 19.6 Å². The Hall–Kier alpha value is -1.65. The van der Waals surface area contributed by atoms with Crippen molar-refractivity contribution in [1.29, 1.82) is 0 Å². The average molecular weight is 300 g/mol. The van der Waals surface area contributed by atoms with Crippen LogP contribution >= 0.6 is 0 Å². The number of benzene rings is 1. The van der Waals surface area contributed by atoms with E-state index >= 15 is 0 Å². The fourth-order valence-corrected chi connectivity index (χ4v) is 2.37. The second-order valence-corrected chi connectivity index (χ2v) is 6.29. The highest BCUT2D eigenvalue weighted by molar-refractivity contribution is 5.27. The van der Waals surface area contributed by atoms with Crippen LogP contribution in [0.2, 0.25) is 0 Å². The van der Waals surface area contributed by atoms with Crippen LogP contribution in [0.4, 0.5) is 0 Å². The lowest BCUT2D eigenvalue weighted by atomic mass is 10.1. The third-order valence-electron chi connectivity index (χ3n) is 4.08. The van der Waals surface area contributed by atoms with E-state index < -0.39 is 0 Å². The first-order valence-electron chi connectivity index (χ1n) is 8.04. The molecule has 120 valence electrons. The standard InChI is InChI=1S/C18H28N4/c1-15(2)21(4)14-18-9-6-5-8-17(18)12-19-16(3)13-22-11-7-10-20-22/h5-11,15-16,19H,12-14H2,1-4H3. The predicted octanol–water partition coefficient (Wildman–Crippen LogP) is 2.90. The second kappa shape index (κ2) is 8.11. The van der Waals surface area contributed by atoms with E-state index in [4.69, 9.17) is 0 Å². The minimum absolute atomic E-state index is 0.385. The largest absolute Gasteiger partial charge is 0.308 e. The van der Waals surface area contributed by atoms with Crippen molar-refractivity contribution >= 4 is 0 Å². The Labute approximate surface area is 134 Å². The van der Waals surface area contributed by atoms with Gasteiger partial charge in [0.05, 0.1) is 6.54 Å². The molecule has 1 N–H and O–H groups in total. The van der Waals surface area contributed by atoms with E-state index in [0.29, 0.717) is 12.1 Å². The molecule has 0 amide bonds. The molecule has 1 heterocycles. The van der Waals surface area contributed by atoms with E-state index in [9.17, 15) is 0 Å². The van der Waals surface area contributed by atoms with Crippen molar-refractivity contribution in [2.24, 2.45) is 0 Å². The number of nitrogens with one attached hydrogen (secondary N) is 1. The molecule has 4 heteroatoms. The van der Waals surface area contributed by atoms with Gasteiger partial charge < -0.3 is 5.32 Å². The highest BCUT2D eigenvalue weighted by Gasteiger charge is 2.09. The number of aromatic nitrogens is 2. The molecular formula is C18H28N4. The highest BCUT2D eigenvalue weighted by atomic mass is 15.3. The van der Waals surface area contributed by atoms with Gasteiger partial charge in [0, 0.05) is 37.6 Å².